The Labute approximate surface area is 183 Å². The van der Waals surface area contributed by atoms with Gasteiger partial charge in [-0.05, 0) is 44.2 Å². The van der Waals surface area contributed by atoms with Crippen molar-refractivity contribution in [2.45, 2.75) is 72.6 Å². The van der Waals surface area contributed by atoms with Crippen molar-refractivity contribution in [2.75, 3.05) is 7.05 Å². The monoisotopic (exact) mass is 406 g/mol. The topological polar surface area (TPSA) is 49.1 Å². The Kier molecular flexibility index (Phi) is 9.72. The first-order valence-electron chi connectivity index (χ1n) is 11.3. The highest BCUT2D eigenvalue weighted by molar-refractivity contribution is 5.96. The number of amidine groups is 1. The quantitative estimate of drug-likeness (QED) is 0.397. The number of rotatable bonds is 11. The van der Waals surface area contributed by atoms with Gasteiger partial charge in [0.05, 0.1) is 11.4 Å². The fourth-order valence-corrected chi connectivity index (χ4v) is 3.91. The molecule has 0 bridgehead atoms. The third-order valence-corrected chi connectivity index (χ3v) is 5.49. The average molecular weight is 407 g/mol. The molecule has 0 unspecified atom stereocenters. The Bertz CT molecular complexity index is 836. The maximum absolute atomic E-state index is 5.01. The van der Waals surface area contributed by atoms with Crippen LogP contribution in [0.1, 0.15) is 71.3 Å². The first-order chi connectivity index (χ1) is 14.5. The lowest BCUT2D eigenvalue weighted by Crippen LogP contribution is -2.29. The molecule has 0 amide bonds. The number of aryl methyl sites for hydroxylation is 1. The number of hydrogen-bond acceptors (Lipinski definition) is 4. The smallest absolute Gasteiger partial charge is 0.107 e. The van der Waals surface area contributed by atoms with Gasteiger partial charge in [0.25, 0.3) is 0 Å². The van der Waals surface area contributed by atoms with E-state index >= 15 is 0 Å². The zero-order valence-electron chi connectivity index (χ0n) is 19.5. The van der Waals surface area contributed by atoms with E-state index < -0.39 is 0 Å². The van der Waals surface area contributed by atoms with Crippen molar-refractivity contribution in [1.29, 1.82) is 0 Å². The van der Waals surface area contributed by atoms with E-state index in [4.69, 9.17) is 9.98 Å². The number of benzene rings is 1. The van der Waals surface area contributed by atoms with E-state index in [1.165, 1.54) is 31.2 Å². The van der Waals surface area contributed by atoms with Crippen LogP contribution in [0.2, 0.25) is 0 Å². The first kappa shape index (κ1) is 23.8. The van der Waals surface area contributed by atoms with E-state index in [1.54, 1.807) is 7.05 Å². The van der Waals surface area contributed by atoms with Gasteiger partial charge in [-0.2, -0.15) is 0 Å². The Balaban J connectivity index is 2.17. The minimum atomic E-state index is 0.663. The minimum absolute atomic E-state index is 0.663. The lowest BCUT2D eigenvalue weighted by atomic mass is 9.91. The molecule has 162 valence electrons. The Hall–Kier alpha value is -2.49. The van der Waals surface area contributed by atoms with Gasteiger partial charge in [-0.15, -0.1) is 0 Å². The number of hydrogen-bond donors (Lipinski definition) is 1. The van der Waals surface area contributed by atoms with Gasteiger partial charge in [-0.25, -0.2) is 4.99 Å². The van der Waals surface area contributed by atoms with Gasteiger partial charge in [-0.3, -0.25) is 9.98 Å². The van der Waals surface area contributed by atoms with Gasteiger partial charge < -0.3 is 5.32 Å². The van der Waals surface area contributed by atoms with E-state index in [0.717, 1.165) is 53.5 Å². The van der Waals surface area contributed by atoms with Crippen molar-refractivity contribution in [3.8, 4) is 0 Å². The summed E-state index contributed by atoms with van der Waals surface area (Å²) in [7, 11) is 1.80. The Morgan fingerprint density at radius 3 is 2.53 bits per heavy atom. The molecule has 1 aliphatic rings. The molecule has 1 N–H and O–H groups in total. The molecule has 0 saturated carbocycles. The van der Waals surface area contributed by atoms with E-state index in [0.29, 0.717) is 5.92 Å². The normalized spacial score (nSPS) is 15.2. The summed E-state index contributed by atoms with van der Waals surface area (Å²) in [6.45, 7) is 13.0. The average Bonchev–Trinajstić information content (AvgIpc) is 2.71. The molecule has 0 radical (unpaired) electrons. The predicted octanol–water partition coefficient (Wildman–Crippen LogP) is 6.94. The van der Waals surface area contributed by atoms with Crippen LogP contribution < -0.4 is 5.32 Å². The molecule has 1 aromatic rings. The molecule has 4 nitrogen and oxygen atoms in total. The van der Waals surface area contributed by atoms with Gasteiger partial charge in [0.1, 0.15) is 5.84 Å². The molecular weight excluding hydrogens is 368 g/mol. The summed E-state index contributed by atoms with van der Waals surface area (Å²) >= 11 is 0. The summed E-state index contributed by atoms with van der Waals surface area (Å²) in [6, 6.07) is 8.24. The van der Waals surface area contributed by atoms with Crippen molar-refractivity contribution in [2.24, 2.45) is 20.9 Å². The minimum Gasteiger partial charge on any atom is -0.344 e. The molecule has 2 rings (SSSR count). The van der Waals surface area contributed by atoms with E-state index in [-0.39, 0.29) is 0 Å². The highest BCUT2D eigenvalue weighted by Gasteiger charge is 2.20. The summed E-state index contributed by atoms with van der Waals surface area (Å²) in [5.41, 5.74) is 6.43. The SMILES string of the molecule is C=C1NC(CC/C(C)=N/c2ccccc2C)=NC(CC(CCC)CCC)=C1/C=N\C. The molecule has 1 aromatic carbocycles. The summed E-state index contributed by atoms with van der Waals surface area (Å²) in [4.78, 5) is 14.1. The van der Waals surface area contributed by atoms with Crippen LogP contribution in [0.25, 0.3) is 0 Å². The molecule has 0 saturated heterocycles. The molecule has 0 aliphatic carbocycles. The maximum Gasteiger partial charge on any atom is 0.107 e. The predicted molar refractivity (Wildman–Crippen MR) is 132 cm³/mol. The number of allylic oxidation sites excluding steroid dienone is 2. The van der Waals surface area contributed by atoms with Crippen molar-refractivity contribution in [3.63, 3.8) is 0 Å². The van der Waals surface area contributed by atoms with Gasteiger partial charge in [0.2, 0.25) is 0 Å². The highest BCUT2D eigenvalue weighted by atomic mass is 15.0. The molecule has 1 heterocycles. The van der Waals surface area contributed by atoms with Crippen LogP contribution in [0.15, 0.2) is 62.8 Å². The lowest BCUT2D eigenvalue weighted by Gasteiger charge is -2.24. The van der Waals surface area contributed by atoms with Crippen molar-refractivity contribution in [3.05, 3.63) is 53.4 Å². The summed E-state index contributed by atoms with van der Waals surface area (Å²) < 4.78 is 0. The third kappa shape index (κ3) is 7.08. The van der Waals surface area contributed by atoms with E-state index in [9.17, 15) is 0 Å². The molecule has 4 heteroatoms. The van der Waals surface area contributed by atoms with Crippen molar-refractivity contribution >= 4 is 23.4 Å². The molecule has 0 aromatic heterocycles. The van der Waals surface area contributed by atoms with Crippen LogP contribution in [-0.4, -0.2) is 24.8 Å². The summed E-state index contributed by atoms with van der Waals surface area (Å²) in [5.74, 6) is 1.64. The molecule has 0 atom stereocenters. The molecular formula is C26H38N4. The van der Waals surface area contributed by atoms with Crippen molar-refractivity contribution < 1.29 is 0 Å². The van der Waals surface area contributed by atoms with Crippen LogP contribution >= 0.6 is 0 Å². The maximum atomic E-state index is 5.01. The van der Waals surface area contributed by atoms with Crippen LogP contribution in [-0.2, 0) is 0 Å². The fourth-order valence-electron chi connectivity index (χ4n) is 3.91. The van der Waals surface area contributed by atoms with Gasteiger partial charge in [-0.1, -0.05) is 64.3 Å². The third-order valence-electron chi connectivity index (χ3n) is 5.49. The Morgan fingerprint density at radius 2 is 1.90 bits per heavy atom. The van der Waals surface area contributed by atoms with Crippen LogP contribution in [0.4, 0.5) is 5.69 Å². The summed E-state index contributed by atoms with van der Waals surface area (Å²) in [5, 5.41) is 3.40. The van der Waals surface area contributed by atoms with Gasteiger partial charge in [0.15, 0.2) is 0 Å². The second-order valence-electron chi connectivity index (χ2n) is 8.19. The Morgan fingerprint density at radius 1 is 1.20 bits per heavy atom. The number of nitrogens with one attached hydrogen (secondary N) is 1. The van der Waals surface area contributed by atoms with E-state index in [2.05, 4.69) is 56.7 Å². The second-order valence-corrected chi connectivity index (χ2v) is 8.19. The van der Waals surface area contributed by atoms with Crippen molar-refractivity contribution in [1.82, 2.24) is 5.32 Å². The number of aliphatic imine (C=N–C) groups is 3. The van der Waals surface area contributed by atoms with Crippen LogP contribution in [0, 0.1) is 12.8 Å². The lowest BCUT2D eigenvalue weighted by molar-refractivity contribution is 0.434. The van der Waals surface area contributed by atoms with Crippen LogP contribution in [0.3, 0.4) is 0 Å². The molecule has 0 spiro atoms. The van der Waals surface area contributed by atoms with Gasteiger partial charge in [0, 0.05) is 36.7 Å². The number of nitrogens with zero attached hydrogens (tertiary/aromatic N) is 3. The van der Waals surface area contributed by atoms with E-state index in [1.807, 2.05) is 18.3 Å². The second kappa shape index (κ2) is 12.3. The first-order valence-corrected chi connectivity index (χ1v) is 11.3. The fraction of sp³-hybridized carbons (Fsp3) is 0.500. The molecule has 1 aliphatic heterocycles. The molecule has 30 heavy (non-hydrogen) atoms. The zero-order valence-corrected chi connectivity index (χ0v) is 19.5. The van der Waals surface area contributed by atoms with Gasteiger partial charge >= 0.3 is 0 Å². The zero-order chi connectivity index (χ0) is 21.9. The standard InChI is InChI=1S/C26H38N4/c1-7-11-22(12-8-2)17-25-23(18-27-6)21(5)29-26(30-25)16-15-20(4)28-24-14-10-9-13-19(24)3/h9-10,13-14,18,22H,5,7-8,11-12,15-17H2,1-4,6H3,(H,29,30)/b27-18-,28-20+. The largest absolute Gasteiger partial charge is 0.344 e. The number of para-hydroxylation sites is 1. The van der Waals surface area contributed by atoms with Crippen LogP contribution in [0.5, 0.6) is 0 Å². The highest BCUT2D eigenvalue weighted by Crippen LogP contribution is 2.28. The summed E-state index contributed by atoms with van der Waals surface area (Å²) in [6.07, 6.45) is 9.46. The molecule has 0 fully saturated rings.